The highest BCUT2D eigenvalue weighted by atomic mass is 16.6. The lowest BCUT2D eigenvalue weighted by Gasteiger charge is -2.11. The molecule has 5 heteroatoms. The summed E-state index contributed by atoms with van der Waals surface area (Å²) in [6.07, 6.45) is 0. The Bertz CT molecular complexity index is 364. The number of hydrogen-bond donors (Lipinski definition) is 1. The molecule has 0 amide bonds. The predicted molar refractivity (Wildman–Crippen MR) is 58.4 cm³/mol. The Morgan fingerprint density at radius 2 is 2.13 bits per heavy atom. The third kappa shape index (κ3) is 2.83. The zero-order valence-electron chi connectivity index (χ0n) is 8.98. The molecule has 5 nitrogen and oxygen atoms in total. The Hall–Kier alpha value is -1.78. The maximum Gasteiger partial charge on any atom is 0.292 e. The van der Waals surface area contributed by atoms with Gasteiger partial charge in [0.25, 0.3) is 5.69 Å². The summed E-state index contributed by atoms with van der Waals surface area (Å²) < 4.78 is 5.01. The number of nitrogens with zero attached hydrogens (tertiary/aromatic N) is 1. The normalized spacial score (nSPS) is 10.1. The molecule has 1 aromatic rings. The summed E-state index contributed by atoms with van der Waals surface area (Å²) in [5.41, 5.74) is 0.541. The Balaban J connectivity index is 3.10. The van der Waals surface area contributed by atoms with Crippen LogP contribution in [0.15, 0.2) is 18.2 Å². The molecule has 0 aliphatic carbocycles. The van der Waals surface area contributed by atoms with Crippen molar-refractivity contribution in [3.8, 4) is 5.75 Å². The molecule has 0 bridgehead atoms. The van der Waals surface area contributed by atoms with Crippen molar-refractivity contribution >= 4 is 11.4 Å². The predicted octanol–water partition coefficient (Wildman–Crippen LogP) is 2.42. The molecule has 0 spiro atoms. The van der Waals surface area contributed by atoms with Gasteiger partial charge in [0, 0.05) is 18.2 Å². The van der Waals surface area contributed by atoms with E-state index in [1.807, 2.05) is 13.8 Å². The van der Waals surface area contributed by atoms with Crippen LogP contribution in [0.1, 0.15) is 13.8 Å². The van der Waals surface area contributed by atoms with Gasteiger partial charge in [-0.15, -0.1) is 0 Å². The van der Waals surface area contributed by atoms with Gasteiger partial charge < -0.3 is 10.1 Å². The first-order valence-electron chi connectivity index (χ1n) is 4.63. The molecular formula is C10H14N2O3. The number of anilines is 1. The van der Waals surface area contributed by atoms with E-state index < -0.39 is 4.92 Å². The molecule has 0 unspecified atom stereocenters. The lowest BCUT2D eigenvalue weighted by Crippen LogP contribution is -2.11. The minimum atomic E-state index is -0.413. The van der Waals surface area contributed by atoms with Gasteiger partial charge in [0.05, 0.1) is 12.0 Å². The van der Waals surface area contributed by atoms with E-state index in [4.69, 9.17) is 4.74 Å². The molecule has 0 radical (unpaired) electrons. The fourth-order valence-electron chi connectivity index (χ4n) is 1.23. The lowest BCUT2D eigenvalue weighted by atomic mass is 10.2. The van der Waals surface area contributed by atoms with Crippen molar-refractivity contribution in [2.75, 3.05) is 12.4 Å². The number of nitro groups is 1. The fraction of sp³-hybridized carbons (Fsp3) is 0.400. The average molecular weight is 210 g/mol. The molecule has 0 saturated heterocycles. The second-order valence-corrected chi connectivity index (χ2v) is 3.44. The van der Waals surface area contributed by atoms with E-state index in [2.05, 4.69) is 5.32 Å². The summed E-state index contributed by atoms with van der Waals surface area (Å²) in [6, 6.07) is 4.77. The minimum absolute atomic E-state index is 0.0597. The standard InChI is InChI=1S/C10H14N2O3/c1-7(2)11-9-6-8(15-3)4-5-10(9)12(13)14/h4-7,11H,1-3H3. The molecule has 1 rings (SSSR count). The van der Waals surface area contributed by atoms with Crippen molar-refractivity contribution < 1.29 is 9.66 Å². The van der Waals surface area contributed by atoms with Crippen LogP contribution < -0.4 is 10.1 Å². The van der Waals surface area contributed by atoms with Gasteiger partial charge in [-0.2, -0.15) is 0 Å². The van der Waals surface area contributed by atoms with Gasteiger partial charge in [-0.1, -0.05) is 0 Å². The molecule has 0 saturated carbocycles. The largest absolute Gasteiger partial charge is 0.497 e. The first-order valence-corrected chi connectivity index (χ1v) is 4.63. The quantitative estimate of drug-likeness (QED) is 0.612. The maximum absolute atomic E-state index is 10.7. The smallest absolute Gasteiger partial charge is 0.292 e. The van der Waals surface area contributed by atoms with Crippen molar-refractivity contribution in [3.63, 3.8) is 0 Å². The van der Waals surface area contributed by atoms with Gasteiger partial charge in [-0.3, -0.25) is 10.1 Å². The van der Waals surface area contributed by atoms with Crippen LogP contribution in [0.4, 0.5) is 11.4 Å². The zero-order chi connectivity index (χ0) is 11.4. The van der Waals surface area contributed by atoms with Crippen molar-refractivity contribution in [3.05, 3.63) is 28.3 Å². The van der Waals surface area contributed by atoms with Gasteiger partial charge in [0.15, 0.2) is 0 Å². The Morgan fingerprint density at radius 1 is 1.47 bits per heavy atom. The molecule has 0 atom stereocenters. The van der Waals surface area contributed by atoms with E-state index in [9.17, 15) is 10.1 Å². The monoisotopic (exact) mass is 210 g/mol. The van der Waals surface area contributed by atoms with Crippen molar-refractivity contribution in [2.24, 2.45) is 0 Å². The summed E-state index contributed by atoms with van der Waals surface area (Å²) in [5, 5.41) is 13.7. The second kappa shape index (κ2) is 4.63. The molecule has 0 heterocycles. The van der Waals surface area contributed by atoms with Gasteiger partial charge in [-0.25, -0.2) is 0 Å². The molecule has 0 aromatic heterocycles. The Morgan fingerprint density at radius 3 is 2.60 bits per heavy atom. The number of hydrogen-bond acceptors (Lipinski definition) is 4. The van der Waals surface area contributed by atoms with Crippen LogP contribution in [-0.4, -0.2) is 18.1 Å². The second-order valence-electron chi connectivity index (χ2n) is 3.44. The lowest BCUT2D eigenvalue weighted by molar-refractivity contribution is -0.384. The maximum atomic E-state index is 10.7. The molecule has 0 fully saturated rings. The highest BCUT2D eigenvalue weighted by Gasteiger charge is 2.14. The van der Waals surface area contributed by atoms with Crippen molar-refractivity contribution in [1.82, 2.24) is 0 Å². The summed E-state index contributed by atoms with van der Waals surface area (Å²) in [5.74, 6) is 0.601. The molecule has 1 N–H and O–H groups in total. The number of nitrogens with one attached hydrogen (secondary N) is 1. The van der Waals surface area contributed by atoms with Gasteiger partial charge in [0.2, 0.25) is 0 Å². The van der Waals surface area contributed by atoms with Gasteiger partial charge >= 0.3 is 0 Å². The number of ether oxygens (including phenoxy) is 1. The molecule has 15 heavy (non-hydrogen) atoms. The Kier molecular flexibility index (Phi) is 3.49. The fourth-order valence-corrected chi connectivity index (χ4v) is 1.23. The van der Waals surface area contributed by atoms with E-state index in [1.165, 1.54) is 13.2 Å². The summed E-state index contributed by atoms with van der Waals surface area (Å²) in [7, 11) is 1.53. The zero-order valence-corrected chi connectivity index (χ0v) is 8.98. The van der Waals surface area contributed by atoms with E-state index in [0.717, 1.165) is 0 Å². The number of benzene rings is 1. The molecule has 82 valence electrons. The minimum Gasteiger partial charge on any atom is -0.497 e. The van der Waals surface area contributed by atoms with Crippen LogP contribution in [0, 0.1) is 10.1 Å². The highest BCUT2D eigenvalue weighted by molar-refractivity contribution is 5.64. The van der Waals surface area contributed by atoms with Crippen LogP contribution >= 0.6 is 0 Å². The topological polar surface area (TPSA) is 64.4 Å². The Labute approximate surface area is 88.2 Å². The van der Waals surface area contributed by atoms with Crippen LogP contribution in [0.25, 0.3) is 0 Å². The van der Waals surface area contributed by atoms with E-state index >= 15 is 0 Å². The third-order valence-corrected chi connectivity index (χ3v) is 1.84. The molecule has 0 aliphatic rings. The summed E-state index contributed by atoms with van der Waals surface area (Å²) in [6.45, 7) is 3.84. The number of methoxy groups -OCH3 is 1. The van der Waals surface area contributed by atoms with E-state index in [-0.39, 0.29) is 11.7 Å². The highest BCUT2D eigenvalue weighted by Crippen LogP contribution is 2.29. The molecule has 0 aliphatic heterocycles. The van der Waals surface area contributed by atoms with Crippen molar-refractivity contribution in [2.45, 2.75) is 19.9 Å². The molecule has 1 aromatic carbocycles. The SMILES string of the molecule is COc1ccc([N+](=O)[O-])c(NC(C)C)c1. The number of nitro benzene ring substituents is 1. The van der Waals surface area contributed by atoms with E-state index in [0.29, 0.717) is 11.4 Å². The van der Waals surface area contributed by atoms with Crippen LogP contribution in [-0.2, 0) is 0 Å². The first-order chi connectivity index (χ1) is 7.04. The van der Waals surface area contributed by atoms with Crippen LogP contribution in [0.5, 0.6) is 5.75 Å². The first kappa shape index (κ1) is 11.3. The van der Waals surface area contributed by atoms with Gasteiger partial charge in [0.1, 0.15) is 11.4 Å². The van der Waals surface area contributed by atoms with Crippen molar-refractivity contribution in [1.29, 1.82) is 0 Å². The molecular weight excluding hydrogens is 196 g/mol. The summed E-state index contributed by atoms with van der Waals surface area (Å²) >= 11 is 0. The third-order valence-electron chi connectivity index (χ3n) is 1.84. The summed E-state index contributed by atoms with van der Waals surface area (Å²) in [4.78, 5) is 10.3. The van der Waals surface area contributed by atoms with E-state index in [1.54, 1.807) is 12.1 Å². The average Bonchev–Trinajstić information content (AvgIpc) is 2.16. The number of rotatable bonds is 4. The van der Waals surface area contributed by atoms with Crippen LogP contribution in [0.3, 0.4) is 0 Å². The van der Waals surface area contributed by atoms with Gasteiger partial charge in [-0.05, 0) is 19.9 Å². The van der Waals surface area contributed by atoms with Crippen LogP contribution in [0.2, 0.25) is 0 Å².